The lowest BCUT2D eigenvalue weighted by atomic mass is 9.90. The molecule has 0 amide bonds. The summed E-state index contributed by atoms with van der Waals surface area (Å²) in [4.78, 5) is 18.6. The van der Waals surface area contributed by atoms with Gasteiger partial charge in [-0.15, -0.1) is 0 Å². The molecule has 12 heteroatoms. The second-order valence-electron chi connectivity index (χ2n) is 29.9. The van der Waals surface area contributed by atoms with E-state index in [9.17, 15) is 0 Å². The van der Waals surface area contributed by atoms with Gasteiger partial charge < -0.3 is 17.7 Å². The van der Waals surface area contributed by atoms with E-state index in [1.807, 2.05) is 84.3 Å². The van der Waals surface area contributed by atoms with Crippen molar-refractivity contribution in [2.45, 2.75) is 149 Å². The maximum Gasteiger partial charge on any atom is 0.227 e. The zero-order valence-corrected chi connectivity index (χ0v) is 63.3. The van der Waals surface area contributed by atoms with Crippen molar-refractivity contribution in [2.24, 2.45) is 39.5 Å². The van der Waals surface area contributed by atoms with E-state index in [1.54, 1.807) is 12.1 Å². The Balaban J connectivity index is 0.000000134. The summed E-state index contributed by atoms with van der Waals surface area (Å²) in [5, 5.41) is 7.79. The monoisotopic (exact) mass is 1390 g/mol. The lowest BCUT2D eigenvalue weighted by Gasteiger charge is -2.16. The first-order valence-corrected chi connectivity index (χ1v) is 35.4. The van der Waals surface area contributed by atoms with Crippen molar-refractivity contribution in [3.63, 3.8) is 0 Å². The van der Waals surface area contributed by atoms with E-state index < -0.39 is 37.8 Å². The molecule has 1 atom stereocenters. The molecule has 12 aromatic heterocycles. The van der Waals surface area contributed by atoms with Gasteiger partial charge >= 0.3 is 0 Å². The Morgan fingerprint density at radius 3 is 1.03 bits per heavy atom. The van der Waals surface area contributed by atoms with Crippen molar-refractivity contribution in [3.05, 3.63) is 238 Å². The molecular formula is C92H100N8O4+4. The van der Waals surface area contributed by atoms with Crippen LogP contribution in [0.3, 0.4) is 0 Å². The molecule has 16 rings (SSSR count). The van der Waals surface area contributed by atoms with Gasteiger partial charge in [0.1, 0.15) is 28.2 Å². The molecule has 12 nitrogen and oxygen atoms in total. The van der Waals surface area contributed by atoms with Crippen LogP contribution < -0.4 is 18.3 Å². The average Bonchev–Trinajstić information content (AvgIpc) is 1.67. The molecule has 16 aromatic rings. The van der Waals surface area contributed by atoms with Crippen LogP contribution in [0.4, 0.5) is 0 Å². The molecule has 0 aliphatic carbocycles. The molecule has 528 valence electrons. The van der Waals surface area contributed by atoms with Gasteiger partial charge in [-0.2, -0.15) is 0 Å². The van der Waals surface area contributed by atoms with Crippen molar-refractivity contribution < 1.29 is 51.0 Å². The molecule has 0 aliphatic rings. The molecule has 4 aromatic carbocycles. The second-order valence-corrected chi connectivity index (χ2v) is 29.9. The number of fused-ring (bicyclic) bond motifs is 12. The predicted octanol–water partition coefficient (Wildman–Crippen LogP) is 21.6. The average molecular weight is 1390 g/mol. The van der Waals surface area contributed by atoms with Gasteiger partial charge in [0.2, 0.25) is 45.6 Å². The zero-order chi connectivity index (χ0) is 83.5. The molecule has 0 bridgehead atoms. The van der Waals surface area contributed by atoms with Gasteiger partial charge in [0.25, 0.3) is 0 Å². The molecule has 0 spiro atoms. The highest BCUT2D eigenvalue weighted by Gasteiger charge is 2.28. The van der Waals surface area contributed by atoms with Gasteiger partial charge in [-0.3, -0.25) is 0 Å². The van der Waals surface area contributed by atoms with Crippen LogP contribution in [-0.2, 0) is 46.4 Å². The number of furan rings is 4. The van der Waals surface area contributed by atoms with Crippen molar-refractivity contribution >= 4 is 88.3 Å². The number of hydrogen-bond acceptors (Lipinski definition) is 8. The summed E-state index contributed by atoms with van der Waals surface area (Å²) in [7, 11) is 8.15. The second kappa shape index (κ2) is 28.1. The van der Waals surface area contributed by atoms with Crippen LogP contribution in [0.2, 0.25) is 0 Å². The summed E-state index contributed by atoms with van der Waals surface area (Å²) >= 11 is 0. The Kier molecular flexibility index (Phi) is 15.9. The van der Waals surface area contributed by atoms with Crippen molar-refractivity contribution in [1.29, 1.82) is 0 Å². The Morgan fingerprint density at radius 1 is 0.375 bits per heavy atom. The Morgan fingerprint density at radius 2 is 0.692 bits per heavy atom. The highest BCUT2D eigenvalue weighted by Crippen LogP contribution is 2.42. The number of aryl methyl sites for hydroxylation is 12. The highest BCUT2D eigenvalue weighted by molar-refractivity contribution is 6.12. The third kappa shape index (κ3) is 14.3. The number of nitrogens with zero attached hydrogens (tertiary/aromatic N) is 8. The van der Waals surface area contributed by atoms with Gasteiger partial charge in [0, 0.05) is 133 Å². The molecule has 104 heavy (non-hydrogen) atoms. The summed E-state index contributed by atoms with van der Waals surface area (Å²) in [5.74, 6) is -2.37. The van der Waals surface area contributed by atoms with Gasteiger partial charge in [-0.1, -0.05) is 118 Å². The highest BCUT2D eigenvalue weighted by atomic mass is 16.4. The lowest BCUT2D eigenvalue weighted by Crippen LogP contribution is -2.31. The van der Waals surface area contributed by atoms with Crippen LogP contribution in [-0.4, -0.2) is 19.9 Å². The van der Waals surface area contributed by atoms with Gasteiger partial charge in [-0.05, 0) is 180 Å². The van der Waals surface area contributed by atoms with Crippen LogP contribution in [0, 0.1) is 66.7 Å². The molecule has 0 saturated carbocycles. The van der Waals surface area contributed by atoms with Gasteiger partial charge in [0.15, 0.2) is 47.1 Å². The minimum atomic E-state index is -2.67. The fourth-order valence-electron chi connectivity index (χ4n) is 14.2. The number of pyridine rings is 8. The van der Waals surface area contributed by atoms with E-state index in [-0.39, 0.29) is 18.3 Å². The molecule has 1 unspecified atom stereocenters. The van der Waals surface area contributed by atoms with Crippen LogP contribution in [0.1, 0.15) is 157 Å². The summed E-state index contributed by atoms with van der Waals surface area (Å²) < 4.78 is 120. The molecule has 0 aliphatic heterocycles. The first-order valence-electron chi connectivity index (χ1n) is 40.9. The molecule has 0 N–H and O–H groups in total. The van der Waals surface area contributed by atoms with E-state index in [4.69, 9.17) is 37.7 Å². The SMILES string of the molecule is Cc1ccc(-c2c(C)ccc3c2oc2nc(C(C)(C)C)ccc23)[n+](C)c1.[2H]C(C)(C)c1ccc2c(n1)oc1c(-c3ccc(C)c[n+]3C)c(C)ccc12.[2H]C([2H])([2H])C(C)(Cc1ccc2c(n1)oc1c(-c3ccc(C)c[n+]3C)c(C)ccc12)C([2H])([2H])[2H].[2H]C([2H])([2H])C([2H])(C)Cc1ccc2c(n1)oc1c(-c3ccc(C)c[n+]3C)c(C)ccc12. The van der Waals surface area contributed by atoms with Gasteiger partial charge in [0.05, 0.1) is 22.3 Å². The Labute approximate surface area is 627 Å². The normalized spacial score (nSPS) is 14.6. The smallest absolute Gasteiger partial charge is 0.227 e. The number of hydrogen-bond donors (Lipinski definition) is 0. The molecule has 0 saturated heterocycles. The molecular weight excluding hydrogens is 1280 g/mol. The van der Waals surface area contributed by atoms with E-state index in [2.05, 4.69) is 225 Å². The fraction of sp³-hybridized carbons (Fsp3) is 0.304. The largest absolute Gasteiger partial charge is 0.437 e. The van der Waals surface area contributed by atoms with Gasteiger partial charge in [-0.25, -0.2) is 38.2 Å². The van der Waals surface area contributed by atoms with E-state index in [1.165, 1.54) is 36.1 Å². The summed E-state index contributed by atoms with van der Waals surface area (Å²) in [5.41, 5.74) is 23.9. The minimum Gasteiger partial charge on any atom is -0.437 e. The Hall–Kier alpha value is -10.7. The van der Waals surface area contributed by atoms with E-state index >= 15 is 0 Å². The number of aromatic nitrogens is 8. The van der Waals surface area contributed by atoms with Crippen molar-refractivity contribution in [3.8, 4) is 45.0 Å². The quantitative estimate of drug-likeness (QED) is 0.138. The van der Waals surface area contributed by atoms with Crippen molar-refractivity contribution in [2.75, 3.05) is 0 Å². The molecule has 0 fully saturated rings. The standard InChI is InChI=1S/C24H27N2O.2C23H25N2O.C22H23N2O/c1-15-7-12-20(26(6)14-15)21-16(2)8-10-18-19-11-9-17(13-24(3,4)5)25-23(19)27-22(18)21;1-14-7-11-18(25(6)13-14)20-15(2)8-9-16-17-10-12-19(23(3,4)5)24-22(17)26-21(16)20;1-14(2)12-17-8-10-19-18-9-7-16(4)21(22(18)26-23(19)24-17)20-11-6-15(3)13-25(20)5;1-13(2)18-10-9-17-16-8-7-15(4)20(21(16)25-22(17)23-18)19-11-6-14(3)12-24(19)5/h7-12,14H,13H2,1-6H3;7-13H,1-6H3;6-11,13-14H,12H2,1-5H3;6-13H,1-5H3/q4*+1/i3D3,4D3;;1D3,14D;13D. The fourth-order valence-corrected chi connectivity index (χ4v) is 14.2. The molecule has 12 heterocycles. The summed E-state index contributed by atoms with van der Waals surface area (Å²) in [6.07, 6.45) is 8.20. The van der Waals surface area contributed by atoms with Crippen LogP contribution in [0.15, 0.2) is 188 Å². The van der Waals surface area contributed by atoms with Crippen LogP contribution in [0.5, 0.6) is 0 Å². The number of rotatable bonds is 8. The summed E-state index contributed by atoms with van der Waals surface area (Å²) in [6.45, 7) is 21.8. The van der Waals surface area contributed by atoms with E-state index in [0.717, 1.165) is 133 Å². The first-order chi connectivity index (χ1) is 53.7. The predicted molar refractivity (Wildman–Crippen MR) is 425 cm³/mol. The maximum atomic E-state index is 8.23. The number of benzene rings is 4. The minimum absolute atomic E-state index is 0.00465. The maximum absolute atomic E-state index is 8.23. The van der Waals surface area contributed by atoms with E-state index in [0.29, 0.717) is 45.5 Å². The third-order valence-electron chi connectivity index (χ3n) is 19.4. The first kappa shape index (κ1) is 58.7. The van der Waals surface area contributed by atoms with Crippen molar-refractivity contribution in [1.82, 2.24) is 19.9 Å². The summed E-state index contributed by atoms with van der Waals surface area (Å²) in [6, 6.07) is 49.0. The van der Waals surface area contributed by atoms with Crippen LogP contribution >= 0.6 is 0 Å². The zero-order valence-electron chi connectivity index (χ0n) is 74.3. The topological polar surface area (TPSA) is 120 Å². The van der Waals surface area contributed by atoms with Crippen LogP contribution in [0.25, 0.3) is 133 Å². The third-order valence-corrected chi connectivity index (χ3v) is 19.4. The molecule has 0 radical (unpaired) electrons. The Bertz CT molecular complexity index is 6310. The lowest BCUT2D eigenvalue weighted by molar-refractivity contribution is -0.660.